The number of β-lactam (4-membered cyclic amide) rings is 1. The Morgan fingerprint density at radius 2 is 1.65 bits per heavy atom. The van der Waals surface area contributed by atoms with E-state index < -0.39 is 59.9 Å². The lowest BCUT2D eigenvalue weighted by atomic mass is 9.79. The minimum Gasteiger partial charge on any atom is -0.455 e. The number of likely N-dealkylation sites (tertiary alicyclic amines) is 2. The van der Waals surface area contributed by atoms with Crippen molar-refractivity contribution in [3.63, 3.8) is 0 Å². The van der Waals surface area contributed by atoms with E-state index in [1.807, 2.05) is 0 Å². The molecule has 0 aromatic heterocycles. The molecule has 4 rings (SSSR count). The third kappa shape index (κ3) is 5.33. The first-order valence-electron chi connectivity index (χ1n) is 12.2. The van der Waals surface area contributed by atoms with Crippen molar-refractivity contribution in [3.05, 3.63) is 22.9 Å². The zero-order chi connectivity index (χ0) is 27.7. The van der Waals surface area contributed by atoms with E-state index in [0.717, 1.165) is 4.90 Å². The van der Waals surface area contributed by atoms with Gasteiger partial charge in [0.1, 0.15) is 29.5 Å². The van der Waals surface area contributed by atoms with Gasteiger partial charge in [-0.1, -0.05) is 0 Å². The second-order valence-electron chi connectivity index (χ2n) is 11.9. The van der Waals surface area contributed by atoms with Crippen molar-refractivity contribution >= 4 is 23.9 Å². The van der Waals surface area contributed by atoms with Crippen molar-refractivity contribution in [2.24, 2.45) is 5.92 Å². The van der Waals surface area contributed by atoms with Crippen molar-refractivity contribution in [2.75, 3.05) is 19.6 Å². The van der Waals surface area contributed by atoms with Crippen LogP contribution in [-0.2, 0) is 23.9 Å². The number of rotatable bonds is 3. The summed E-state index contributed by atoms with van der Waals surface area (Å²) in [4.78, 5) is 55.4. The second-order valence-corrected chi connectivity index (χ2v) is 11.9. The van der Waals surface area contributed by atoms with Gasteiger partial charge in [-0.2, -0.15) is 13.2 Å². The lowest BCUT2D eigenvalue weighted by molar-refractivity contribution is -0.163. The Hall–Kier alpha value is -3.05. The van der Waals surface area contributed by atoms with Crippen LogP contribution in [0.15, 0.2) is 22.9 Å². The van der Waals surface area contributed by atoms with Gasteiger partial charge in [0.2, 0.25) is 5.91 Å². The summed E-state index contributed by atoms with van der Waals surface area (Å²) in [6.45, 7) is 8.92. The highest BCUT2D eigenvalue weighted by Gasteiger charge is 2.64. The maximum Gasteiger partial charge on any atom is 0.411 e. The van der Waals surface area contributed by atoms with Gasteiger partial charge in [-0.15, -0.1) is 0 Å². The summed E-state index contributed by atoms with van der Waals surface area (Å²) in [5.74, 6) is -2.23. The van der Waals surface area contributed by atoms with Crippen LogP contribution in [0.1, 0.15) is 54.4 Å². The van der Waals surface area contributed by atoms with Gasteiger partial charge < -0.3 is 14.4 Å². The quantitative estimate of drug-likeness (QED) is 0.318. The Morgan fingerprint density at radius 3 is 2.22 bits per heavy atom. The highest BCUT2D eigenvalue weighted by atomic mass is 19.4. The molecule has 0 N–H and O–H groups in total. The number of ether oxygens (including phenoxy) is 2. The molecule has 204 valence electrons. The average molecular weight is 528 g/mol. The predicted octanol–water partition coefficient (Wildman–Crippen LogP) is 3.15. The van der Waals surface area contributed by atoms with Gasteiger partial charge in [0, 0.05) is 24.6 Å². The van der Waals surface area contributed by atoms with Crippen LogP contribution < -0.4 is 0 Å². The van der Waals surface area contributed by atoms with E-state index in [0.29, 0.717) is 5.57 Å². The van der Waals surface area contributed by atoms with Crippen LogP contribution in [0.2, 0.25) is 0 Å². The Balaban J connectivity index is 1.67. The summed E-state index contributed by atoms with van der Waals surface area (Å²) in [6, 6.07) is -1.23. The minimum atomic E-state index is -4.53. The number of amides is 3. The molecule has 0 radical (unpaired) electrons. The smallest absolute Gasteiger partial charge is 0.411 e. The summed E-state index contributed by atoms with van der Waals surface area (Å²) in [6.07, 6.45) is -3.42. The standard InChI is InChI=1S/C25H32F3N3O6/c1-23(2,3)36-21(34)17-14(9-13-7-8-29(19(13)32)12-25(26,27)28)10-15-11-30(22(35)37-24(4,5)6)18-16(15)31(17)20(18)33/h9,15-16,18H,7-8,10-12H2,1-6H3/b13-9+/t15?,16-,18?/m1/s1. The van der Waals surface area contributed by atoms with Crippen LogP contribution in [0, 0.1) is 5.92 Å². The molecule has 0 aromatic carbocycles. The number of hydrogen-bond acceptors (Lipinski definition) is 6. The van der Waals surface area contributed by atoms with Crippen LogP contribution in [0.3, 0.4) is 0 Å². The monoisotopic (exact) mass is 527 g/mol. The van der Waals surface area contributed by atoms with Gasteiger partial charge in [-0.05, 0) is 66.0 Å². The van der Waals surface area contributed by atoms with Crippen LogP contribution in [0.4, 0.5) is 18.0 Å². The molecule has 0 bridgehead atoms. The summed E-state index contributed by atoms with van der Waals surface area (Å²) in [5, 5.41) is 0. The molecule has 37 heavy (non-hydrogen) atoms. The van der Waals surface area contributed by atoms with Crippen molar-refractivity contribution in [1.82, 2.24) is 14.7 Å². The molecule has 0 spiro atoms. The van der Waals surface area contributed by atoms with Crippen molar-refractivity contribution < 1.29 is 41.8 Å². The average Bonchev–Trinajstić information content (AvgIpc) is 3.23. The fraction of sp³-hybridized carbons (Fsp3) is 0.680. The van der Waals surface area contributed by atoms with Crippen LogP contribution in [0.25, 0.3) is 0 Å². The zero-order valence-corrected chi connectivity index (χ0v) is 21.8. The molecule has 2 unspecified atom stereocenters. The van der Waals surface area contributed by atoms with E-state index >= 15 is 0 Å². The molecule has 12 heteroatoms. The summed E-state index contributed by atoms with van der Waals surface area (Å²) >= 11 is 0. The summed E-state index contributed by atoms with van der Waals surface area (Å²) < 4.78 is 49.6. The lowest BCUT2D eigenvalue weighted by Crippen LogP contribution is -2.69. The predicted molar refractivity (Wildman–Crippen MR) is 124 cm³/mol. The molecule has 3 saturated heterocycles. The molecule has 3 atom stereocenters. The number of carbonyl (C=O) groups is 4. The number of alkyl halides is 3. The van der Waals surface area contributed by atoms with Gasteiger partial charge in [0.25, 0.3) is 5.91 Å². The van der Waals surface area contributed by atoms with Gasteiger partial charge in [-0.25, -0.2) is 9.59 Å². The van der Waals surface area contributed by atoms with Gasteiger partial charge in [0.05, 0.1) is 6.04 Å². The second kappa shape index (κ2) is 8.76. The van der Waals surface area contributed by atoms with E-state index in [-0.39, 0.29) is 43.1 Å². The highest BCUT2D eigenvalue weighted by molar-refractivity contribution is 6.03. The maximum atomic E-state index is 13.3. The van der Waals surface area contributed by atoms with Gasteiger partial charge in [0.15, 0.2) is 0 Å². The third-order valence-corrected chi connectivity index (χ3v) is 6.54. The summed E-state index contributed by atoms with van der Waals surface area (Å²) in [7, 11) is 0. The molecule has 0 aromatic rings. The molecule has 4 heterocycles. The molecular formula is C25H32F3N3O6. The molecule has 4 aliphatic rings. The van der Waals surface area contributed by atoms with E-state index in [1.54, 1.807) is 41.5 Å². The number of esters is 1. The minimum absolute atomic E-state index is 0.0296. The van der Waals surface area contributed by atoms with E-state index in [4.69, 9.17) is 9.47 Å². The summed E-state index contributed by atoms with van der Waals surface area (Å²) in [5.41, 5.74) is -1.20. The number of nitrogens with zero attached hydrogens (tertiary/aromatic N) is 3. The van der Waals surface area contributed by atoms with Crippen LogP contribution in [0.5, 0.6) is 0 Å². The number of hydrogen-bond donors (Lipinski definition) is 0. The molecule has 9 nitrogen and oxygen atoms in total. The lowest BCUT2D eigenvalue weighted by Gasteiger charge is -2.50. The van der Waals surface area contributed by atoms with Crippen molar-refractivity contribution in [2.45, 2.75) is 83.8 Å². The highest BCUT2D eigenvalue weighted by Crippen LogP contribution is 2.48. The molecule has 0 saturated carbocycles. The topological polar surface area (TPSA) is 96.5 Å². The number of allylic oxidation sites excluding steroid dienone is 2. The first kappa shape index (κ1) is 27.0. The van der Waals surface area contributed by atoms with E-state index in [1.165, 1.54) is 15.9 Å². The normalized spacial score (nSPS) is 27.1. The Labute approximate surface area is 213 Å². The first-order chi connectivity index (χ1) is 16.9. The third-order valence-electron chi connectivity index (χ3n) is 6.54. The fourth-order valence-corrected chi connectivity index (χ4v) is 5.30. The molecular weight excluding hydrogens is 495 g/mol. The number of halogens is 3. The zero-order valence-electron chi connectivity index (χ0n) is 21.8. The molecule has 3 amide bonds. The largest absolute Gasteiger partial charge is 0.455 e. The SMILES string of the molecule is CC(C)(C)OC(=O)C1=C(/C=C2\CCN(CC(F)(F)F)C2=O)CC2CN(C(=O)OC(C)(C)C)C3C(=O)N1[C@H]23. The van der Waals surface area contributed by atoms with Gasteiger partial charge >= 0.3 is 18.2 Å². The number of carbonyl (C=O) groups excluding carboxylic acids is 4. The maximum absolute atomic E-state index is 13.3. The van der Waals surface area contributed by atoms with Gasteiger partial charge in [-0.3, -0.25) is 19.4 Å². The van der Waals surface area contributed by atoms with Crippen molar-refractivity contribution in [3.8, 4) is 0 Å². The molecule has 3 fully saturated rings. The van der Waals surface area contributed by atoms with Crippen molar-refractivity contribution in [1.29, 1.82) is 0 Å². The Bertz CT molecular complexity index is 1100. The van der Waals surface area contributed by atoms with E-state index in [9.17, 15) is 32.3 Å². The van der Waals surface area contributed by atoms with Crippen LogP contribution >= 0.6 is 0 Å². The fourth-order valence-electron chi connectivity index (χ4n) is 5.30. The molecule has 4 aliphatic heterocycles. The Morgan fingerprint density at radius 1 is 1.03 bits per heavy atom. The van der Waals surface area contributed by atoms with E-state index in [2.05, 4.69) is 0 Å². The van der Waals surface area contributed by atoms with Crippen LogP contribution in [-0.4, -0.2) is 87.7 Å². The first-order valence-corrected chi connectivity index (χ1v) is 12.2. The Kier molecular flexibility index (Phi) is 6.39. The molecule has 0 aliphatic carbocycles.